The summed E-state index contributed by atoms with van der Waals surface area (Å²) < 4.78 is 0. The van der Waals surface area contributed by atoms with Crippen LogP contribution in [0.3, 0.4) is 0 Å². The van der Waals surface area contributed by atoms with E-state index in [0.717, 1.165) is 35.8 Å². The molecule has 15 heavy (non-hydrogen) atoms. The summed E-state index contributed by atoms with van der Waals surface area (Å²) in [6, 6.07) is 0.807. The summed E-state index contributed by atoms with van der Waals surface area (Å²) in [4.78, 5) is 2.48. The van der Waals surface area contributed by atoms with E-state index in [1.807, 2.05) is 0 Å². The van der Waals surface area contributed by atoms with Crippen LogP contribution in [0.25, 0.3) is 0 Å². The van der Waals surface area contributed by atoms with E-state index in [1.165, 1.54) is 12.8 Å². The lowest BCUT2D eigenvalue weighted by atomic mass is 10.4. The van der Waals surface area contributed by atoms with E-state index in [4.69, 9.17) is 0 Å². The van der Waals surface area contributed by atoms with Crippen LogP contribution in [0.15, 0.2) is 0 Å². The molecule has 1 fully saturated rings. The minimum Gasteiger partial charge on any atom is -0.360 e. The van der Waals surface area contributed by atoms with Gasteiger partial charge in [-0.2, -0.15) is 0 Å². The molecule has 0 radical (unpaired) electrons. The minimum atomic E-state index is 0.807. The SMILES string of the molecule is CCNc1nnc(CN(CC)C2CC2)s1. The van der Waals surface area contributed by atoms with Crippen LogP contribution in [0.2, 0.25) is 0 Å². The van der Waals surface area contributed by atoms with E-state index >= 15 is 0 Å². The van der Waals surface area contributed by atoms with Crippen LogP contribution in [0.1, 0.15) is 31.7 Å². The predicted octanol–water partition coefficient (Wildman–Crippen LogP) is 1.95. The third-order valence-corrected chi connectivity index (χ3v) is 3.47. The van der Waals surface area contributed by atoms with Crippen LogP contribution in [0, 0.1) is 0 Å². The number of hydrogen-bond acceptors (Lipinski definition) is 5. The Morgan fingerprint density at radius 3 is 2.80 bits per heavy atom. The summed E-state index contributed by atoms with van der Waals surface area (Å²) in [6.45, 7) is 7.27. The third kappa shape index (κ3) is 2.89. The number of anilines is 1. The zero-order chi connectivity index (χ0) is 10.7. The van der Waals surface area contributed by atoms with E-state index in [9.17, 15) is 0 Å². The molecule has 1 aliphatic carbocycles. The number of nitrogens with zero attached hydrogens (tertiary/aromatic N) is 3. The van der Waals surface area contributed by atoms with Crippen LogP contribution in [-0.4, -0.2) is 34.2 Å². The van der Waals surface area contributed by atoms with Gasteiger partial charge in [0.1, 0.15) is 5.01 Å². The molecule has 5 heteroatoms. The van der Waals surface area contributed by atoms with Gasteiger partial charge in [0, 0.05) is 12.6 Å². The fraction of sp³-hybridized carbons (Fsp3) is 0.800. The summed E-state index contributed by atoms with van der Waals surface area (Å²) in [5.41, 5.74) is 0. The molecule has 0 atom stereocenters. The zero-order valence-electron chi connectivity index (χ0n) is 9.36. The Kier molecular flexibility index (Phi) is 3.53. The van der Waals surface area contributed by atoms with Crippen molar-refractivity contribution >= 4 is 16.5 Å². The second-order valence-corrected chi connectivity index (χ2v) is 4.89. The van der Waals surface area contributed by atoms with Crippen molar-refractivity contribution in [2.45, 2.75) is 39.3 Å². The lowest BCUT2D eigenvalue weighted by Gasteiger charge is -2.17. The van der Waals surface area contributed by atoms with E-state index in [2.05, 4.69) is 34.3 Å². The molecule has 4 nitrogen and oxygen atoms in total. The molecule has 2 rings (SSSR count). The standard InChI is InChI=1S/C10H18N4S/c1-3-11-10-13-12-9(15-10)7-14(4-2)8-5-6-8/h8H,3-7H2,1-2H3,(H,11,13). The molecule has 0 aromatic carbocycles. The van der Waals surface area contributed by atoms with Gasteiger partial charge in [0.2, 0.25) is 5.13 Å². The second kappa shape index (κ2) is 4.90. The summed E-state index contributed by atoms with van der Waals surface area (Å²) in [6.07, 6.45) is 2.71. The van der Waals surface area contributed by atoms with Crippen LogP contribution in [0.4, 0.5) is 5.13 Å². The average Bonchev–Trinajstić information content (AvgIpc) is 2.98. The van der Waals surface area contributed by atoms with Crippen LogP contribution in [0.5, 0.6) is 0 Å². The first kappa shape index (κ1) is 10.8. The topological polar surface area (TPSA) is 41.1 Å². The van der Waals surface area contributed by atoms with E-state index in [0.29, 0.717) is 0 Å². The molecule has 0 unspecified atom stereocenters. The highest BCUT2D eigenvalue weighted by Crippen LogP contribution is 2.28. The average molecular weight is 226 g/mol. The number of aromatic nitrogens is 2. The predicted molar refractivity (Wildman–Crippen MR) is 63.2 cm³/mol. The van der Waals surface area contributed by atoms with Crippen molar-refractivity contribution in [2.75, 3.05) is 18.4 Å². The van der Waals surface area contributed by atoms with Gasteiger partial charge in [-0.1, -0.05) is 18.3 Å². The van der Waals surface area contributed by atoms with Gasteiger partial charge in [-0.15, -0.1) is 10.2 Å². The van der Waals surface area contributed by atoms with Gasteiger partial charge in [0.15, 0.2) is 0 Å². The van der Waals surface area contributed by atoms with Crippen LogP contribution >= 0.6 is 11.3 Å². The highest BCUT2D eigenvalue weighted by Gasteiger charge is 2.28. The van der Waals surface area contributed by atoms with Gasteiger partial charge in [-0.05, 0) is 26.3 Å². The monoisotopic (exact) mass is 226 g/mol. The van der Waals surface area contributed by atoms with E-state index in [1.54, 1.807) is 11.3 Å². The summed E-state index contributed by atoms with van der Waals surface area (Å²) in [5, 5.41) is 13.6. The highest BCUT2D eigenvalue weighted by atomic mass is 32.1. The summed E-state index contributed by atoms with van der Waals surface area (Å²) in [5.74, 6) is 0. The lowest BCUT2D eigenvalue weighted by molar-refractivity contribution is 0.268. The van der Waals surface area contributed by atoms with Gasteiger partial charge in [-0.25, -0.2) is 0 Å². The molecule has 0 amide bonds. The molecule has 1 heterocycles. The Morgan fingerprint density at radius 1 is 1.40 bits per heavy atom. The molecule has 0 spiro atoms. The Morgan fingerprint density at radius 2 is 2.20 bits per heavy atom. The maximum atomic E-state index is 4.20. The number of rotatable bonds is 6. The van der Waals surface area contributed by atoms with Gasteiger partial charge in [0.25, 0.3) is 0 Å². The first-order valence-corrected chi connectivity index (χ1v) is 6.45. The maximum absolute atomic E-state index is 4.20. The lowest BCUT2D eigenvalue weighted by Crippen LogP contribution is -2.24. The van der Waals surface area contributed by atoms with Crippen molar-refractivity contribution in [1.29, 1.82) is 0 Å². The Hall–Kier alpha value is -0.680. The molecule has 1 aliphatic rings. The highest BCUT2D eigenvalue weighted by molar-refractivity contribution is 7.15. The van der Waals surface area contributed by atoms with Crippen molar-refractivity contribution in [2.24, 2.45) is 0 Å². The Balaban J connectivity index is 1.90. The minimum absolute atomic E-state index is 0.807. The van der Waals surface area contributed by atoms with E-state index < -0.39 is 0 Å². The van der Waals surface area contributed by atoms with Crippen molar-refractivity contribution in [1.82, 2.24) is 15.1 Å². The van der Waals surface area contributed by atoms with Crippen molar-refractivity contribution in [3.8, 4) is 0 Å². The largest absolute Gasteiger partial charge is 0.360 e. The first-order chi connectivity index (χ1) is 7.33. The molecule has 1 N–H and O–H groups in total. The quantitative estimate of drug-likeness (QED) is 0.805. The van der Waals surface area contributed by atoms with Crippen LogP contribution in [-0.2, 0) is 6.54 Å². The summed E-state index contributed by atoms with van der Waals surface area (Å²) >= 11 is 1.67. The molecular formula is C10H18N4S. The molecule has 1 saturated carbocycles. The van der Waals surface area contributed by atoms with Crippen molar-refractivity contribution < 1.29 is 0 Å². The second-order valence-electron chi connectivity index (χ2n) is 3.83. The molecular weight excluding hydrogens is 208 g/mol. The summed E-state index contributed by atoms with van der Waals surface area (Å²) in [7, 11) is 0. The fourth-order valence-corrected chi connectivity index (χ4v) is 2.49. The van der Waals surface area contributed by atoms with Gasteiger partial charge in [-0.3, -0.25) is 4.90 Å². The molecule has 0 saturated heterocycles. The number of nitrogens with one attached hydrogen (secondary N) is 1. The first-order valence-electron chi connectivity index (χ1n) is 5.63. The Bertz CT molecular complexity index is 308. The maximum Gasteiger partial charge on any atom is 0.205 e. The Labute approximate surface area is 94.7 Å². The van der Waals surface area contributed by atoms with Gasteiger partial charge >= 0.3 is 0 Å². The molecule has 1 aromatic heterocycles. The molecule has 0 bridgehead atoms. The fourth-order valence-electron chi connectivity index (χ4n) is 1.65. The zero-order valence-corrected chi connectivity index (χ0v) is 10.2. The van der Waals surface area contributed by atoms with Gasteiger partial charge < -0.3 is 5.32 Å². The van der Waals surface area contributed by atoms with Crippen molar-refractivity contribution in [3.63, 3.8) is 0 Å². The van der Waals surface area contributed by atoms with Crippen molar-refractivity contribution in [3.05, 3.63) is 5.01 Å². The van der Waals surface area contributed by atoms with Crippen LogP contribution < -0.4 is 5.32 Å². The molecule has 84 valence electrons. The number of hydrogen-bond donors (Lipinski definition) is 1. The van der Waals surface area contributed by atoms with Gasteiger partial charge in [0.05, 0.1) is 6.54 Å². The molecule has 1 aromatic rings. The molecule has 0 aliphatic heterocycles. The smallest absolute Gasteiger partial charge is 0.205 e. The normalized spacial score (nSPS) is 15.9. The van der Waals surface area contributed by atoms with E-state index in [-0.39, 0.29) is 0 Å². The third-order valence-electron chi connectivity index (χ3n) is 2.60.